The number of hydrogen-bond acceptors (Lipinski definition) is 4. The van der Waals surface area contributed by atoms with E-state index in [4.69, 9.17) is 5.10 Å². The first-order valence-electron chi connectivity index (χ1n) is 11.5. The molecule has 0 saturated carbocycles. The molecule has 5 nitrogen and oxygen atoms in total. The molecule has 4 aromatic rings. The van der Waals surface area contributed by atoms with Gasteiger partial charge in [-0.05, 0) is 49.5 Å². The number of rotatable bonds is 5. The van der Waals surface area contributed by atoms with E-state index in [9.17, 15) is 10.1 Å². The van der Waals surface area contributed by atoms with Crippen molar-refractivity contribution in [3.8, 4) is 23.0 Å². The molecule has 2 heterocycles. The van der Waals surface area contributed by atoms with Crippen LogP contribution in [0.5, 0.6) is 0 Å². The molecule has 0 unspecified atom stereocenters. The van der Waals surface area contributed by atoms with Crippen LogP contribution in [-0.2, 0) is 17.6 Å². The summed E-state index contributed by atoms with van der Waals surface area (Å²) in [6.45, 7) is 0. The van der Waals surface area contributed by atoms with Crippen LogP contribution < -0.4 is 5.32 Å². The molecule has 0 atom stereocenters. The van der Waals surface area contributed by atoms with Gasteiger partial charge >= 0.3 is 0 Å². The lowest BCUT2D eigenvalue weighted by molar-refractivity contribution is -0.111. The molecule has 1 N–H and O–H groups in total. The lowest BCUT2D eigenvalue weighted by Gasteiger charge is -2.01. The number of nitrogens with one attached hydrogen (secondary N) is 1. The largest absolute Gasteiger partial charge is 0.313 e. The number of amides is 1. The number of thiophene rings is 1. The average Bonchev–Trinajstić information content (AvgIpc) is 3.37. The van der Waals surface area contributed by atoms with Crippen LogP contribution in [0.1, 0.15) is 40.8 Å². The fourth-order valence-corrected chi connectivity index (χ4v) is 5.55. The van der Waals surface area contributed by atoms with Crippen LogP contribution in [0.2, 0.25) is 0 Å². The maximum absolute atomic E-state index is 12.8. The lowest BCUT2D eigenvalue weighted by Crippen LogP contribution is -2.07. The summed E-state index contributed by atoms with van der Waals surface area (Å²) in [4.78, 5) is 14.1. The van der Waals surface area contributed by atoms with E-state index in [0.29, 0.717) is 10.6 Å². The Bertz CT molecular complexity index is 1380. The minimum Gasteiger partial charge on any atom is -0.313 e. The number of benzene rings is 2. The molecular weight excluding hydrogens is 440 g/mol. The highest BCUT2D eigenvalue weighted by atomic mass is 32.1. The summed E-state index contributed by atoms with van der Waals surface area (Å²) in [6, 6.07) is 22.1. The van der Waals surface area contributed by atoms with Crippen molar-refractivity contribution in [1.29, 1.82) is 5.26 Å². The number of nitrogens with zero attached hydrogens (tertiary/aromatic N) is 3. The van der Waals surface area contributed by atoms with E-state index in [1.54, 1.807) is 17.4 Å². The molecule has 34 heavy (non-hydrogen) atoms. The molecule has 0 aliphatic heterocycles. The maximum atomic E-state index is 12.8. The Hall–Kier alpha value is -3.95. The number of para-hydroxylation sites is 1. The third kappa shape index (κ3) is 4.57. The van der Waals surface area contributed by atoms with Crippen molar-refractivity contribution in [3.63, 3.8) is 0 Å². The number of carbonyl (C=O) groups is 1. The monoisotopic (exact) mass is 464 g/mol. The topological polar surface area (TPSA) is 70.7 Å². The van der Waals surface area contributed by atoms with Crippen molar-refractivity contribution in [2.75, 3.05) is 5.32 Å². The molecular formula is C28H24N4OS. The molecule has 0 saturated heterocycles. The first kappa shape index (κ1) is 21.9. The van der Waals surface area contributed by atoms with Crippen LogP contribution in [0.4, 0.5) is 5.00 Å². The maximum Gasteiger partial charge on any atom is 0.249 e. The zero-order chi connectivity index (χ0) is 23.3. The van der Waals surface area contributed by atoms with Crippen molar-refractivity contribution < 1.29 is 4.79 Å². The summed E-state index contributed by atoms with van der Waals surface area (Å²) in [5, 5.41) is 18.1. The van der Waals surface area contributed by atoms with Crippen molar-refractivity contribution in [2.24, 2.45) is 0 Å². The number of hydrogen-bond donors (Lipinski definition) is 1. The van der Waals surface area contributed by atoms with E-state index in [2.05, 4.69) is 11.4 Å². The molecule has 1 aliphatic rings. The van der Waals surface area contributed by atoms with E-state index in [0.717, 1.165) is 53.8 Å². The summed E-state index contributed by atoms with van der Waals surface area (Å²) < 4.78 is 1.82. The second-order valence-corrected chi connectivity index (χ2v) is 9.39. The highest BCUT2D eigenvalue weighted by Gasteiger charge is 2.20. The van der Waals surface area contributed by atoms with E-state index in [-0.39, 0.29) is 5.91 Å². The van der Waals surface area contributed by atoms with Crippen LogP contribution in [0.3, 0.4) is 0 Å². The first-order chi connectivity index (χ1) is 16.7. The van der Waals surface area contributed by atoms with Gasteiger partial charge in [-0.3, -0.25) is 4.79 Å². The molecule has 6 heteroatoms. The summed E-state index contributed by atoms with van der Waals surface area (Å²) in [7, 11) is 0. The molecule has 0 radical (unpaired) electrons. The van der Waals surface area contributed by atoms with Gasteiger partial charge in [-0.1, -0.05) is 55.0 Å². The second kappa shape index (κ2) is 9.90. The lowest BCUT2D eigenvalue weighted by atomic mass is 10.1. The van der Waals surface area contributed by atoms with Crippen LogP contribution in [0.15, 0.2) is 72.9 Å². The molecule has 5 rings (SSSR count). The van der Waals surface area contributed by atoms with Gasteiger partial charge in [0.15, 0.2) is 0 Å². The van der Waals surface area contributed by atoms with Gasteiger partial charge in [0.25, 0.3) is 0 Å². The normalized spacial score (nSPS) is 13.3. The zero-order valence-electron chi connectivity index (χ0n) is 18.7. The van der Waals surface area contributed by atoms with Gasteiger partial charge in [-0.25, -0.2) is 4.68 Å². The molecule has 2 aromatic heterocycles. The number of aromatic nitrogens is 2. The Labute approximate surface area is 203 Å². The van der Waals surface area contributed by atoms with Crippen molar-refractivity contribution in [3.05, 3.63) is 94.5 Å². The quantitative estimate of drug-likeness (QED) is 0.275. The summed E-state index contributed by atoms with van der Waals surface area (Å²) >= 11 is 1.55. The Morgan fingerprint density at radius 3 is 2.53 bits per heavy atom. The number of nitriles is 1. The smallest absolute Gasteiger partial charge is 0.249 e. The number of fused-ring (bicyclic) bond motifs is 1. The van der Waals surface area contributed by atoms with Gasteiger partial charge < -0.3 is 5.32 Å². The van der Waals surface area contributed by atoms with Crippen molar-refractivity contribution in [1.82, 2.24) is 9.78 Å². The van der Waals surface area contributed by atoms with Crippen LogP contribution in [-0.4, -0.2) is 15.7 Å². The highest BCUT2D eigenvalue weighted by molar-refractivity contribution is 7.16. The third-order valence-corrected chi connectivity index (χ3v) is 7.20. The second-order valence-electron chi connectivity index (χ2n) is 8.28. The minimum atomic E-state index is -0.251. The molecule has 2 aromatic carbocycles. The fraction of sp³-hybridized carbons (Fsp3) is 0.179. The summed E-state index contributed by atoms with van der Waals surface area (Å²) in [6.07, 6.45) is 10.6. The number of carbonyl (C=O) groups excluding carboxylic acids is 1. The van der Waals surface area contributed by atoms with Gasteiger partial charge in [-0.2, -0.15) is 10.4 Å². The average molecular weight is 465 g/mol. The van der Waals surface area contributed by atoms with E-state index < -0.39 is 0 Å². The van der Waals surface area contributed by atoms with Crippen LogP contribution in [0.25, 0.3) is 23.0 Å². The van der Waals surface area contributed by atoms with E-state index >= 15 is 0 Å². The molecule has 0 bridgehead atoms. The Kier molecular flexibility index (Phi) is 6.37. The predicted octanol–water partition coefficient (Wildman–Crippen LogP) is 6.39. The molecule has 1 amide bonds. The fourth-order valence-electron chi connectivity index (χ4n) is 4.31. The minimum absolute atomic E-state index is 0.251. The van der Waals surface area contributed by atoms with Crippen LogP contribution in [0, 0.1) is 11.3 Å². The Morgan fingerprint density at radius 1 is 1.03 bits per heavy atom. The van der Waals surface area contributed by atoms with Gasteiger partial charge in [0.05, 0.1) is 16.9 Å². The Morgan fingerprint density at radius 2 is 1.76 bits per heavy atom. The predicted molar refractivity (Wildman–Crippen MR) is 137 cm³/mol. The highest BCUT2D eigenvalue weighted by Crippen LogP contribution is 2.37. The summed E-state index contributed by atoms with van der Waals surface area (Å²) in [5.74, 6) is -0.251. The van der Waals surface area contributed by atoms with Crippen molar-refractivity contribution >= 4 is 28.3 Å². The molecule has 1 aliphatic carbocycles. The SMILES string of the molecule is N#Cc1c(NC(=O)/C=C/c2cn(-c3ccccc3)nc2-c2ccccc2)sc2c1CCCCC2. The van der Waals surface area contributed by atoms with Crippen molar-refractivity contribution in [2.45, 2.75) is 32.1 Å². The first-order valence-corrected chi connectivity index (χ1v) is 12.3. The number of aryl methyl sites for hydroxylation is 1. The number of anilines is 1. The van der Waals surface area contributed by atoms with E-state index in [1.807, 2.05) is 71.5 Å². The standard InChI is InChI=1S/C28H24N4OS/c29-18-24-23-14-8-3-9-15-25(23)34-28(24)30-26(33)17-16-21-19-32(22-12-6-2-7-13-22)31-27(21)20-10-4-1-5-11-20/h1-2,4-7,10-13,16-17,19H,3,8-9,14-15H2,(H,30,33)/b17-16+. The third-order valence-electron chi connectivity index (χ3n) is 5.99. The Balaban J connectivity index is 1.42. The molecule has 0 spiro atoms. The van der Waals surface area contributed by atoms with Gasteiger partial charge in [0, 0.05) is 28.3 Å². The van der Waals surface area contributed by atoms with Crippen LogP contribution >= 0.6 is 11.3 Å². The van der Waals surface area contributed by atoms with Gasteiger partial charge in [0.2, 0.25) is 5.91 Å². The van der Waals surface area contributed by atoms with Gasteiger partial charge in [-0.15, -0.1) is 11.3 Å². The summed E-state index contributed by atoms with van der Waals surface area (Å²) in [5.41, 5.74) is 5.32. The zero-order valence-corrected chi connectivity index (χ0v) is 19.5. The van der Waals surface area contributed by atoms with E-state index in [1.165, 1.54) is 17.4 Å². The molecule has 168 valence electrons. The van der Waals surface area contributed by atoms with Gasteiger partial charge in [0.1, 0.15) is 11.1 Å². The molecule has 0 fully saturated rings.